The second-order valence-electron chi connectivity index (χ2n) is 4.02. The van der Waals surface area contributed by atoms with Crippen LogP contribution < -0.4 is 5.32 Å². The Morgan fingerprint density at radius 3 is 2.75 bits per heavy atom. The summed E-state index contributed by atoms with van der Waals surface area (Å²) >= 11 is 2.13. The molecule has 0 spiro atoms. The highest BCUT2D eigenvalue weighted by Crippen LogP contribution is 2.15. The molecule has 1 aromatic heterocycles. The van der Waals surface area contributed by atoms with Crippen LogP contribution >= 0.6 is 22.6 Å². The quantitative estimate of drug-likeness (QED) is 0.813. The largest absolute Gasteiger partial charge is 0.306 e. The number of rotatable bonds is 2. The maximum absolute atomic E-state index is 13.7. The van der Waals surface area contributed by atoms with Crippen LogP contribution in [-0.4, -0.2) is 10.9 Å². The molecule has 20 heavy (non-hydrogen) atoms. The van der Waals surface area contributed by atoms with Crippen LogP contribution in [0.4, 0.5) is 10.2 Å². The van der Waals surface area contributed by atoms with E-state index in [4.69, 9.17) is 5.26 Å². The van der Waals surface area contributed by atoms with Crippen molar-refractivity contribution in [2.45, 2.75) is 6.92 Å². The second kappa shape index (κ2) is 5.96. The van der Waals surface area contributed by atoms with E-state index in [1.54, 1.807) is 6.07 Å². The number of benzene rings is 1. The first-order chi connectivity index (χ1) is 9.51. The molecule has 0 fully saturated rings. The highest BCUT2D eigenvalue weighted by molar-refractivity contribution is 14.1. The maximum Gasteiger partial charge on any atom is 0.259 e. The molecule has 100 valence electrons. The number of hydrogen-bond donors (Lipinski definition) is 1. The van der Waals surface area contributed by atoms with Crippen LogP contribution in [0.25, 0.3) is 0 Å². The number of amides is 1. The lowest BCUT2D eigenvalue weighted by molar-refractivity contribution is 0.102. The molecular formula is C14H9FIN3O. The van der Waals surface area contributed by atoms with Crippen LogP contribution in [0, 0.1) is 27.6 Å². The number of aromatic nitrogens is 1. The standard InChI is InChI=1S/C14H9FIN3O/c1-8-12(16)4-5-13(18-8)19-14(20)10-3-2-9(7-17)6-11(10)15/h2-6H,1H3,(H,18,19,20). The fourth-order valence-corrected chi connectivity index (χ4v) is 1.87. The van der Waals surface area contributed by atoms with Crippen molar-refractivity contribution in [2.24, 2.45) is 0 Å². The van der Waals surface area contributed by atoms with Gasteiger partial charge in [0.15, 0.2) is 0 Å². The van der Waals surface area contributed by atoms with Gasteiger partial charge in [0.2, 0.25) is 0 Å². The highest BCUT2D eigenvalue weighted by Gasteiger charge is 2.13. The minimum Gasteiger partial charge on any atom is -0.306 e. The molecule has 1 heterocycles. The number of nitriles is 1. The number of halogens is 2. The van der Waals surface area contributed by atoms with Crippen LogP contribution in [0.15, 0.2) is 30.3 Å². The van der Waals surface area contributed by atoms with E-state index in [0.717, 1.165) is 15.3 Å². The van der Waals surface area contributed by atoms with Gasteiger partial charge in [-0.05, 0) is 59.8 Å². The minimum absolute atomic E-state index is 0.123. The van der Waals surface area contributed by atoms with Crippen molar-refractivity contribution in [3.05, 3.63) is 56.5 Å². The average molecular weight is 381 g/mol. The molecule has 0 saturated carbocycles. The Morgan fingerprint density at radius 2 is 2.15 bits per heavy atom. The summed E-state index contributed by atoms with van der Waals surface area (Å²) < 4.78 is 14.7. The Morgan fingerprint density at radius 1 is 1.40 bits per heavy atom. The Kier molecular flexibility index (Phi) is 4.29. The molecule has 1 aromatic carbocycles. The van der Waals surface area contributed by atoms with Gasteiger partial charge in [-0.1, -0.05) is 0 Å². The van der Waals surface area contributed by atoms with Crippen molar-refractivity contribution in [1.82, 2.24) is 4.98 Å². The average Bonchev–Trinajstić information content (AvgIpc) is 2.42. The van der Waals surface area contributed by atoms with Crippen molar-refractivity contribution in [3.63, 3.8) is 0 Å². The van der Waals surface area contributed by atoms with E-state index in [2.05, 4.69) is 32.9 Å². The highest BCUT2D eigenvalue weighted by atomic mass is 127. The van der Waals surface area contributed by atoms with Gasteiger partial charge >= 0.3 is 0 Å². The fourth-order valence-electron chi connectivity index (χ4n) is 1.57. The SMILES string of the molecule is Cc1nc(NC(=O)c2ccc(C#N)cc2F)ccc1I. The van der Waals surface area contributed by atoms with Crippen molar-refractivity contribution in [3.8, 4) is 6.07 Å². The minimum atomic E-state index is -0.733. The van der Waals surface area contributed by atoms with Gasteiger partial charge in [-0.15, -0.1) is 0 Å². The zero-order chi connectivity index (χ0) is 14.7. The zero-order valence-electron chi connectivity index (χ0n) is 10.4. The topological polar surface area (TPSA) is 65.8 Å². The van der Waals surface area contributed by atoms with Gasteiger partial charge < -0.3 is 5.32 Å². The molecule has 0 unspecified atom stereocenters. The molecular weight excluding hydrogens is 372 g/mol. The molecule has 4 nitrogen and oxygen atoms in total. The lowest BCUT2D eigenvalue weighted by Gasteiger charge is -2.07. The van der Waals surface area contributed by atoms with E-state index in [-0.39, 0.29) is 11.1 Å². The Bertz CT molecular complexity index is 725. The normalized spacial score (nSPS) is 9.90. The predicted octanol–water partition coefficient (Wildman–Crippen LogP) is 3.26. The van der Waals surface area contributed by atoms with Gasteiger partial charge in [-0.2, -0.15) is 5.26 Å². The Balaban J connectivity index is 2.24. The number of nitrogens with one attached hydrogen (secondary N) is 1. The number of carbonyl (C=O) groups excluding carboxylic acids is 1. The zero-order valence-corrected chi connectivity index (χ0v) is 12.6. The van der Waals surface area contributed by atoms with Gasteiger partial charge in [0, 0.05) is 3.57 Å². The van der Waals surface area contributed by atoms with Gasteiger partial charge in [0.25, 0.3) is 5.91 Å². The van der Waals surface area contributed by atoms with Gasteiger partial charge in [0.1, 0.15) is 11.6 Å². The van der Waals surface area contributed by atoms with Crippen molar-refractivity contribution < 1.29 is 9.18 Å². The summed E-state index contributed by atoms with van der Waals surface area (Å²) in [6.45, 7) is 1.82. The number of nitrogens with zero attached hydrogens (tertiary/aromatic N) is 2. The molecule has 2 rings (SSSR count). The van der Waals surface area contributed by atoms with Crippen LogP contribution in [0.3, 0.4) is 0 Å². The first-order valence-corrected chi connectivity index (χ1v) is 6.73. The molecule has 0 saturated heterocycles. The Labute approximate surface area is 128 Å². The van der Waals surface area contributed by atoms with Gasteiger partial charge in [-0.25, -0.2) is 9.37 Å². The molecule has 0 bridgehead atoms. The van der Waals surface area contributed by atoms with Crippen LogP contribution in [0.5, 0.6) is 0 Å². The summed E-state index contributed by atoms with van der Waals surface area (Å²) in [5, 5.41) is 11.2. The number of anilines is 1. The molecule has 0 aliphatic heterocycles. The first-order valence-electron chi connectivity index (χ1n) is 5.65. The van der Waals surface area contributed by atoms with Crippen LogP contribution in [0.1, 0.15) is 21.6 Å². The number of carbonyl (C=O) groups is 1. The third-order valence-corrected chi connectivity index (χ3v) is 3.75. The summed E-state index contributed by atoms with van der Waals surface area (Å²) in [5.74, 6) is -0.972. The van der Waals surface area contributed by atoms with E-state index in [1.165, 1.54) is 12.1 Å². The fraction of sp³-hybridized carbons (Fsp3) is 0.0714. The Hall–Kier alpha value is -2.01. The monoisotopic (exact) mass is 381 g/mol. The van der Waals surface area contributed by atoms with E-state index in [0.29, 0.717) is 5.82 Å². The lowest BCUT2D eigenvalue weighted by atomic mass is 10.1. The molecule has 2 aromatic rings. The maximum atomic E-state index is 13.7. The van der Waals surface area contributed by atoms with Gasteiger partial charge in [-0.3, -0.25) is 4.79 Å². The molecule has 6 heteroatoms. The third-order valence-electron chi connectivity index (χ3n) is 2.61. The molecule has 1 amide bonds. The van der Waals surface area contributed by atoms with Crippen molar-refractivity contribution in [2.75, 3.05) is 5.32 Å². The summed E-state index contributed by atoms with van der Waals surface area (Å²) in [4.78, 5) is 16.1. The number of hydrogen-bond acceptors (Lipinski definition) is 3. The van der Waals surface area contributed by atoms with E-state index < -0.39 is 11.7 Å². The summed E-state index contributed by atoms with van der Waals surface area (Å²) in [7, 11) is 0. The molecule has 0 aliphatic carbocycles. The smallest absolute Gasteiger partial charge is 0.259 e. The first kappa shape index (κ1) is 14.4. The van der Waals surface area contributed by atoms with Crippen LogP contribution in [-0.2, 0) is 0 Å². The van der Waals surface area contributed by atoms with Crippen molar-refractivity contribution >= 4 is 34.3 Å². The molecule has 1 N–H and O–H groups in total. The van der Waals surface area contributed by atoms with Crippen LogP contribution in [0.2, 0.25) is 0 Å². The van der Waals surface area contributed by atoms with E-state index in [9.17, 15) is 9.18 Å². The number of pyridine rings is 1. The molecule has 0 radical (unpaired) electrons. The molecule has 0 atom stereocenters. The van der Waals surface area contributed by atoms with Crippen molar-refractivity contribution in [1.29, 1.82) is 5.26 Å². The summed E-state index contributed by atoms with van der Waals surface area (Å²) in [6.07, 6.45) is 0. The summed E-state index contributed by atoms with van der Waals surface area (Å²) in [5.41, 5.74) is 0.827. The second-order valence-corrected chi connectivity index (χ2v) is 5.19. The predicted molar refractivity (Wildman–Crippen MR) is 80.8 cm³/mol. The van der Waals surface area contributed by atoms with E-state index in [1.807, 2.05) is 19.1 Å². The summed E-state index contributed by atoms with van der Waals surface area (Å²) in [6, 6.07) is 8.98. The van der Waals surface area contributed by atoms with E-state index >= 15 is 0 Å². The third kappa shape index (κ3) is 3.11. The molecule has 0 aliphatic rings. The number of aryl methyl sites for hydroxylation is 1. The van der Waals surface area contributed by atoms with Gasteiger partial charge in [0.05, 0.1) is 22.9 Å². The lowest BCUT2D eigenvalue weighted by Crippen LogP contribution is -2.15.